The van der Waals surface area contributed by atoms with Crippen LogP contribution in [0.15, 0.2) is 54.7 Å². The van der Waals surface area contributed by atoms with Gasteiger partial charge in [0.25, 0.3) is 0 Å². The molecule has 0 amide bonds. The van der Waals surface area contributed by atoms with Crippen molar-refractivity contribution in [2.45, 2.75) is 25.3 Å². The second-order valence-electron chi connectivity index (χ2n) is 6.32. The van der Waals surface area contributed by atoms with Gasteiger partial charge in [-0.25, -0.2) is 4.98 Å². The Labute approximate surface area is 150 Å². The van der Waals surface area contributed by atoms with E-state index in [-0.39, 0.29) is 6.42 Å². The molecule has 4 nitrogen and oxygen atoms in total. The maximum Gasteiger partial charge on any atom is 0.307 e. The van der Waals surface area contributed by atoms with Crippen molar-refractivity contribution in [1.82, 2.24) is 4.98 Å². The van der Waals surface area contributed by atoms with Gasteiger partial charge in [-0.1, -0.05) is 53.8 Å². The van der Waals surface area contributed by atoms with Crippen LogP contribution in [-0.2, 0) is 24.1 Å². The molecule has 25 heavy (non-hydrogen) atoms. The summed E-state index contributed by atoms with van der Waals surface area (Å²) >= 11 is 1.61. The van der Waals surface area contributed by atoms with Gasteiger partial charge in [-0.3, -0.25) is 4.79 Å². The molecule has 0 saturated heterocycles. The van der Waals surface area contributed by atoms with Gasteiger partial charge in [-0.2, -0.15) is 0 Å². The first-order valence-corrected chi connectivity index (χ1v) is 9.09. The van der Waals surface area contributed by atoms with Crippen molar-refractivity contribution in [3.63, 3.8) is 0 Å². The van der Waals surface area contributed by atoms with Crippen LogP contribution >= 0.6 is 11.3 Å². The van der Waals surface area contributed by atoms with Crippen LogP contribution in [0.25, 0.3) is 10.4 Å². The number of thiazole rings is 1. The van der Waals surface area contributed by atoms with Crippen LogP contribution in [0.3, 0.4) is 0 Å². The van der Waals surface area contributed by atoms with E-state index < -0.39 is 5.97 Å². The van der Waals surface area contributed by atoms with E-state index in [1.807, 2.05) is 30.5 Å². The summed E-state index contributed by atoms with van der Waals surface area (Å²) in [6.45, 7) is 0. The van der Waals surface area contributed by atoms with E-state index in [2.05, 4.69) is 34.6 Å². The molecule has 2 aromatic carbocycles. The van der Waals surface area contributed by atoms with Crippen molar-refractivity contribution in [1.29, 1.82) is 0 Å². The number of carboxylic acid groups (broad SMARTS) is 1. The van der Waals surface area contributed by atoms with Gasteiger partial charge in [0.15, 0.2) is 5.13 Å². The molecule has 3 aromatic rings. The molecule has 0 radical (unpaired) electrons. The Kier molecular flexibility index (Phi) is 4.24. The summed E-state index contributed by atoms with van der Waals surface area (Å²) in [5.41, 5.74) is 4.65. The van der Waals surface area contributed by atoms with E-state index in [0.717, 1.165) is 34.0 Å². The van der Waals surface area contributed by atoms with Gasteiger partial charge < -0.3 is 10.4 Å². The third-order valence-corrected chi connectivity index (χ3v) is 5.43. The number of fused-ring (bicyclic) bond motifs is 1. The lowest BCUT2D eigenvalue weighted by Gasteiger charge is -2.09. The first kappa shape index (κ1) is 15.8. The molecule has 0 atom stereocenters. The molecule has 0 saturated carbocycles. The van der Waals surface area contributed by atoms with Crippen molar-refractivity contribution in [3.8, 4) is 10.4 Å². The van der Waals surface area contributed by atoms with Crippen LogP contribution in [0, 0.1) is 0 Å². The average Bonchev–Trinajstić information content (AvgIpc) is 3.21. The van der Waals surface area contributed by atoms with Crippen LogP contribution in [0.5, 0.6) is 0 Å². The Morgan fingerprint density at radius 1 is 1.16 bits per heavy atom. The number of carbonyl (C=O) groups is 1. The van der Waals surface area contributed by atoms with Gasteiger partial charge in [0.05, 0.1) is 11.3 Å². The molecule has 1 aromatic heterocycles. The minimum Gasteiger partial charge on any atom is -0.481 e. The third-order valence-electron chi connectivity index (χ3n) is 4.45. The van der Waals surface area contributed by atoms with Crippen molar-refractivity contribution in [2.75, 3.05) is 5.32 Å². The highest BCUT2D eigenvalue weighted by molar-refractivity contribution is 7.18. The van der Waals surface area contributed by atoms with Crippen LogP contribution in [0.4, 0.5) is 5.13 Å². The lowest BCUT2D eigenvalue weighted by atomic mass is 10.1. The largest absolute Gasteiger partial charge is 0.481 e. The van der Waals surface area contributed by atoms with Gasteiger partial charge in [-0.15, -0.1) is 0 Å². The molecule has 1 heterocycles. The molecule has 0 unspecified atom stereocenters. The fourth-order valence-electron chi connectivity index (χ4n) is 3.32. The number of hydrogen-bond donors (Lipinski definition) is 2. The average molecular weight is 350 g/mol. The zero-order valence-corrected chi connectivity index (χ0v) is 14.4. The second kappa shape index (κ2) is 6.69. The summed E-state index contributed by atoms with van der Waals surface area (Å²) in [4.78, 5) is 16.4. The van der Waals surface area contributed by atoms with Crippen molar-refractivity contribution in [2.24, 2.45) is 0 Å². The molecule has 0 spiro atoms. The minimum absolute atomic E-state index is 0.0398. The maximum atomic E-state index is 10.9. The number of nitrogens with one attached hydrogen (secondary N) is 1. The number of hydrogen-bond acceptors (Lipinski definition) is 4. The first-order valence-electron chi connectivity index (χ1n) is 8.27. The predicted molar refractivity (Wildman–Crippen MR) is 100 cm³/mol. The van der Waals surface area contributed by atoms with Gasteiger partial charge in [0.2, 0.25) is 0 Å². The topological polar surface area (TPSA) is 62.2 Å². The monoisotopic (exact) mass is 350 g/mol. The fourth-order valence-corrected chi connectivity index (χ4v) is 4.21. The number of benzene rings is 2. The Bertz CT molecular complexity index is 894. The molecule has 0 fully saturated rings. The summed E-state index contributed by atoms with van der Waals surface area (Å²) < 4.78 is 0. The zero-order chi connectivity index (χ0) is 17.2. The van der Waals surface area contributed by atoms with Crippen LogP contribution in [-0.4, -0.2) is 22.1 Å². The number of rotatable bonds is 5. The standard InChI is InChI=1S/C20H18N2O2S/c23-19(24)9-13-4-3-7-16(8-13)18-12-21-20(25-18)22-17-10-14-5-1-2-6-15(14)11-17/h1-8,12,17H,9-11H2,(H,21,22)(H,23,24). The quantitative estimate of drug-likeness (QED) is 0.730. The van der Waals surface area contributed by atoms with E-state index in [9.17, 15) is 4.79 Å². The number of aromatic nitrogens is 1. The second-order valence-corrected chi connectivity index (χ2v) is 7.35. The molecule has 1 aliphatic carbocycles. The molecule has 0 bridgehead atoms. The van der Waals surface area contributed by atoms with Gasteiger partial charge in [0.1, 0.15) is 0 Å². The fraction of sp³-hybridized carbons (Fsp3) is 0.200. The number of nitrogens with zero attached hydrogens (tertiary/aromatic N) is 1. The molecule has 4 rings (SSSR count). The molecule has 0 aliphatic heterocycles. The lowest BCUT2D eigenvalue weighted by molar-refractivity contribution is -0.136. The lowest BCUT2D eigenvalue weighted by Crippen LogP contribution is -2.19. The van der Waals surface area contributed by atoms with Crippen LogP contribution in [0.1, 0.15) is 16.7 Å². The molecule has 5 heteroatoms. The summed E-state index contributed by atoms with van der Waals surface area (Å²) in [6, 6.07) is 16.6. The summed E-state index contributed by atoms with van der Waals surface area (Å²) in [7, 11) is 0. The Balaban J connectivity index is 1.47. The van der Waals surface area contributed by atoms with Gasteiger partial charge in [0, 0.05) is 12.2 Å². The number of aliphatic carboxylic acids is 1. The third kappa shape index (κ3) is 3.56. The predicted octanol–water partition coefficient (Wildman–Crippen LogP) is 4.02. The summed E-state index contributed by atoms with van der Waals surface area (Å²) in [5.74, 6) is -0.815. The van der Waals surface area contributed by atoms with Crippen molar-refractivity contribution in [3.05, 3.63) is 71.4 Å². The summed E-state index contributed by atoms with van der Waals surface area (Å²) in [5, 5.41) is 13.4. The molecule has 1 aliphatic rings. The van der Waals surface area contributed by atoms with E-state index in [0.29, 0.717) is 6.04 Å². The minimum atomic E-state index is -0.815. The van der Waals surface area contributed by atoms with Gasteiger partial charge in [-0.05, 0) is 41.2 Å². The Morgan fingerprint density at radius 2 is 1.92 bits per heavy atom. The number of carboxylic acids is 1. The highest BCUT2D eigenvalue weighted by Gasteiger charge is 2.21. The maximum absolute atomic E-state index is 10.9. The van der Waals surface area contributed by atoms with E-state index in [1.54, 1.807) is 11.3 Å². The smallest absolute Gasteiger partial charge is 0.307 e. The SMILES string of the molecule is O=C(O)Cc1cccc(-c2cnc(NC3Cc4ccccc4C3)s2)c1. The highest BCUT2D eigenvalue weighted by Crippen LogP contribution is 2.31. The van der Waals surface area contributed by atoms with Gasteiger partial charge >= 0.3 is 5.97 Å². The molecule has 126 valence electrons. The van der Waals surface area contributed by atoms with E-state index in [4.69, 9.17) is 5.11 Å². The van der Waals surface area contributed by atoms with Crippen molar-refractivity contribution < 1.29 is 9.90 Å². The zero-order valence-electron chi connectivity index (χ0n) is 13.6. The Morgan fingerprint density at radius 3 is 2.64 bits per heavy atom. The molecular weight excluding hydrogens is 332 g/mol. The summed E-state index contributed by atoms with van der Waals surface area (Å²) in [6.07, 6.45) is 3.95. The van der Waals surface area contributed by atoms with E-state index >= 15 is 0 Å². The molecule has 2 N–H and O–H groups in total. The Hall–Kier alpha value is -2.66. The number of anilines is 1. The van der Waals surface area contributed by atoms with Crippen molar-refractivity contribution >= 4 is 22.4 Å². The van der Waals surface area contributed by atoms with Crippen LogP contribution in [0.2, 0.25) is 0 Å². The first-order chi connectivity index (χ1) is 12.2. The van der Waals surface area contributed by atoms with E-state index in [1.165, 1.54) is 11.1 Å². The van der Waals surface area contributed by atoms with Crippen LogP contribution < -0.4 is 5.32 Å². The molecular formula is C20H18N2O2S. The highest BCUT2D eigenvalue weighted by atomic mass is 32.1. The normalized spacial score (nSPS) is 13.6.